The number of amidine groups is 1. The Labute approximate surface area is 327 Å². The third kappa shape index (κ3) is 5.44. The molecular formula is C51H33N3OS. The van der Waals surface area contributed by atoms with Crippen LogP contribution in [0, 0.1) is 0 Å². The van der Waals surface area contributed by atoms with E-state index in [1.165, 1.54) is 59.1 Å². The zero-order valence-electron chi connectivity index (χ0n) is 30.2. The molecule has 10 aromatic rings. The Kier molecular flexibility index (Phi) is 7.71. The fraction of sp³-hybridized carbons (Fsp3) is 0.0196. The van der Waals surface area contributed by atoms with Crippen molar-refractivity contribution < 1.29 is 4.42 Å². The Bertz CT molecular complexity index is 3160. The molecule has 0 fully saturated rings. The van der Waals surface area contributed by atoms with Gasteiger partial charge in [-0.2, -0.15) is 0 Å². The first kappa shape index (κ1) is 32.4. The summed E-state index contributed by atoms with van der Waals surface area (Å²) in [5.41, 5.74) is 13.1. The van der Waals surface area contributed by atoms with Gasteiger partial charge in [-0.3, -0.25) is 0 Å². The summed E-state index contributed by atoms with van der Waals surface area (Å²) >= 11 is 1.85. The van der Waals surface area contributed by atoms with Crippen molar-refractivity contribution in [3.63, 3.8) is 0 Å². The molecule has 0 saturated carbocycles. The summed E-state index contributed by atoms with van der Waals surface area (Å²) in [5.74, 6) is 0.675. The zero-order valence-corrected chi connectivity index (χ0v) is 31.0. The van der Waals surface area contributed by atoms with Gasteiger partial charge < -0.3 is 9.73 Å². The van der Waals surface area contributed by atoms with Crippen LogP contribution in [0.1, 0.15) is 17.3 Å². The van der Waals surface area contributed by atoms with Crippen LogP contribution in [-0.2, 0) is 0 Å². The average molecular weight is 736 g/mol. The number of furan rings is 1. The van der Waals surface area contributed by atoms with Crippen LogP contribution in [0.4, 0.5) is 0 Å². The summed E-state index contributed by atoms with van der Waals surface area (Å²) in [6, 6.07) is 64.7. The van der Waals surface area contributed by atoms with Crippen molar-refractivity contribution in [1.82, 2.24) is 5.32 Å². The van der Waals surface area contributed by atoms with E-state index in [1.807, 2.05) is 41.7 Å². The SMILES string of the molecule is C1=NC(c2cccc3oc4cccc(-c5cc(-c6ccccc6-c6ccc(-c7ccccc7)cc6)cc6c5sc5ccccc56)c4c23)=NC(c2ccccc2)N1. The molecule has 2 aromatic heterocycles. The first-order valence-electron chi connectivity index (χ1n) is 18.8. The Morgan fingerprint density at radius 1 is 0.464 bits per heavy atom. The molecule has 0 saturated heterocycles. The smallest absolute Gasteiger partial charge is 0.159 e. The maximum absolute atomic E-state index is 6.64. The van der Waals surface area contributed by atoms with Crippen molar-refractivity contribution in [1.29, 1.82) is 0 Å². The lowest BCUT2D eigenvalue weighted by atomic mass is 9.89. The van der Waals surface area contributed by atoms with Crippen LogP contribution in [0.2, 0.25) is 0 Å². The van der Waals surface area contributed by atoms with Gasteiger partial charge in [-0.25, -0.2) is 9.98 Å². The lowest BCUT2D eigenvalue weighted by Crippen LogP contribution is -2.24. The van der Waals surface area contributed by atoms with Crippen LogP contribution in [0.5, 0.6) is 0 Å². The first-order valence-corrected chi connectivity index (χ1v) is 19.7. The second kappa shape index (κ2) is 13.3. The van der Waals surface area contributed by atoms with Gasteiger partial charge in [0, 0.05) is 42.1 Å². The summed E-state index contributed by atoms with van der Waals surface area (Å²) in [6.45, 7) is 0. The third-order valence-corrected chi connectivity index (χ3v) is 12.1. The molecule has 56 heavy (non-hydrogen) atoms. The largest absolute Gasteiger partial charge is 0.456 e. The molecule has 0 amide bonds. The van der Waals surface area contributed by atoms with Crippen LogP contribution >= 0.6 is 11.3 Å². The highest BCUT2D eigenvalue weighted by molar-refractivity contribution is 7.26. The van der Waals surface area contributed by atoms with E-state index in [2.05, 4.69) is 157 Å². The molecule has 8 aromatic carbocycles. The van der Waals surface area contributed by atoms with Gasteiger partial charge in [-0.05, 0) is 74.8 Å². The summed E-state index contributed by atoms with van der Waals surface area (Å²) in [7, 11) is 0. The first-order chi connectivity index (χ1) is 27.8. The van der Waals surface area contributed by atoms with Crippen LogP contribution in [-0.4, -0.2) is 12.2 Å². The lowest BCUT2D eigenvalue weighted by Gasteiger charge is -2.18. The van der Waals surface area contributed by atoms with Gasteiger partial charge in [-0.1, -0.05) is 152 Å². The predicted molar refractivity (Wildman–Crippen MR) is 236 cm³/mol. The summed E-state index contributed by atoms with van der Waals surface area (Å²) in [4.78, 5) is 9.91. The predicted octanol–water partition coefficient (Wildman–Crippen LogP) is 13.7. The van der Waals surface area contributed by atoms with Gasteiger partial charge in [-0.15, -0.1) is 11.3 Å². The molecule has 264 valence electrons. The molecule has 1 atom stereocenters. The maximum atomic E-state index is 6.64. The monoisotopic (exact) mass is 735 g/mol. The molecule has 1 N–H and O–H groups in total. The topological polar surface area (TPSA) is 49.9 Å². The number of nitrogens with one attached hydrogen (secondary N) is 1. The van der Waals surface area contributed by atoms with E-state index in [-0.39, 0.29) is 6.17 Å². The van der Waals surface area contributed by atoms with E-state index in [0.29, 0.717) is 5.84 Å². The van der Waals surface area contributed by atoms with Crippen molar-refractivity contribution in [2.75, 3.05) is 0 Å². The van der Waals surface area contributed by atoms with Crippen molar-refractivity contribution in [2.24, 2.45) is 9.98 Å². The van der Waals surface area contributed by atoms with Gasteiger partial charge in [0.2, 0.25) is 0 Å². The highest BCUT2D eigenvalue weighted by atomic mass is 32.1. The summed E-state index contributed by atoms with van der Waals surface area (Å²) in [6.07, 6.45) is 1.53. The quantitative estimate of drug-likeness (QED) is 0.185. The number of nitrogens with zero attached hydrogens (tertiary/aromatic N) is 2. The highest BCUT2D eigenvalue weighted by Gasteiger charge is 2.23. The Morgan fingerprint density at radius 3 is 1.86 bits per heavy atom. The Morgan fingerprint density at radius 2 is 1.07 bits per heavy atom. The number of rotatable bonds is 6. The molecule has 11 rings (SSSR count). The molecule has 0 spiro atoms. The molecule has 1 aliphatic rings. The fourth-order valence-electron chi connectivity index (χ4n) is 8.23. The minimum absolute atomic E-state index is 0.235. The van der Waals surface area contributed by atoms with Gasteiger partial charge >= 0.3 is 0 Å². The zero-order chi connectivity index (χ0) is 37.0. The summed E-state index contributed by atoms with van der Waals surface area (Å²) < 4.78 is 9.16. The minimum atomic E-state index is -0.235. The van der Waals surface area contributed by atoms with E-state index in [9.17, 15) is 0 Å². The van der Waals surface area contributed by atoms with Gasteiger partial charge in [0.1, 0.15) is 17.3 Å². The average Bonchev–Trinajstić information content (AvgIpc) is 3.86. The van der Waals surface area contributed by atoms with Crippen molar-refractivity contribution in [2.45, 2.75) is 6.17 Å². The number of hydrogen-bond acceptors (Lipinski definition) is 5. The molecule has 5 heteroatoms. The third-order valence-electron chi connectivity index (χ3n) is 10.9. The summed E-state index contributed by atoms with van der Waals surface area (Å²) in [5, 5.41) is 7.91. The van der Waals surface area contributed by atoms with Crippen molar-refractivity contribution in [3.8, 4) is 44.5 Å². The standard InChI is InChI=1S/C51H33N3OS/c1-3-13-32(14-4-1)33-25-27-34(28-26-33)37-17-7-8-18-38(37)36-29-42-39-19-9-10-24-46(39)56-49(42)43(30-36)40-20-11-22-44-47(40)48-41(21-12-23-45(48)55-44)51-53-31-52-50(54-51)35-15-5-2-6-16-35/h1-31,50H,(H,52,53,54). The number of hydrogen-bond donors (Lipinski definition) is 1. The van der Waals surface area contributed by atoms with E-state index in [4.69, 9.17) is 14.4 Å². The second-order valence-corrected chi connectivity index (χ2v) is 15.2. The number of fused-ring (bicyclic) bond motifs is 6. The lowest BCUT2D eigenvalue weighted by molar-refractivity contribution is 0.668. The molecule has 0 radical (unpaired) electrons. The maximum Gasteiger partial charge on any atom is 0.159 e. The van der Waals surface area contributed by atoms with Crippen LogP contribution in [0.3, 0.4) is 0 Å². The molecule has 1 aliphatic heterocycles. The minimum Gasteiger partial charge on any atom is -0.456 e. The van der Waals surface area contributed by atoms with Crippen LogP contribution < -0.4 is 5.32 Å². The molecule has 0 bridgehead atoms. The molecule has 1 unspecified atom stereocenters. The van der Waals surface area contributed by atoms with Gasteiger partial charge in [0.05, 0.1) is 6.34 Å². The van der Waals surface area contributed by atoms with E-state index in [1.54, 1.807) is 6.34 Å². The fourth-order valence-corrected chi connectivity index (χ4v) is 9.44. The molecular weight excluding hydrogens is 703 g/mol. The van der Waals surface area contributed by atoms with Gasteiger partial charge in [0.25, 0.3) is 0 Å². The molecule has 0 aliphatic carbocycles. The molecule has 3 heterocycles. The highest BCUT2D eigenvalue weighted by Crippen LogP contribution is 2.47. The van der Waals surface area contributed by atoms with E-state index < -0.39 is 0 Å². The number of benzene rings is 8. The van der Waals surface area contributed by atoms with E-state index in [0.717, 1.165) is 38.6 Å². The van der Waals surface area contributed by atoms with Crippen LogP contribution in [0.15, 0.2) is 196 Å². The Hall–Kier alpha value is -7.08. The molecule has 4 nitrogen and oxygen atoms in total. The Balaban J connectivity index is 1.13. The van der Waals surface area contributed by atoms with E-state index >= 15 is 0 Å². The van der Waals surface area contributed by atoms with Crippen molar-refractivity contribution >= 4 is 65.6 Å². The number of thiophene rings is 1. The normalized spacial score (nSPS) is 14.1. The van der Waals surface area contributed by atoms with Gasteiger partial charge in [0.15, 0.2) is 5.84 Å². The second-order valence-electron chi connectivity index (χ2n) is 14.1. The van der Waals surface area contributed by atoms with Crippen molar-refractivity contribution in [3.05, 3.63) is 193 Å². The number of aliphatic imine (C=N–C) groups is 2. The van der Waals surface area contributed by atoms with Crippen LogP contribution in [0.25, 0.3) is 86.6 Å².